The average Bonchev–Trinajstić information content (AvgIpc) is 2.82. The van der Waals surface area contributed by atoms with Crippen molar-refractivity contribution in [2.75, 3.05) is 6.54 Å². The van der Waals surface area contributed by atoms with Crippen molar-refractivity contribution in [1.29, 1.82) is 0 Å². The third-order valence-electron chi connectivity index (χ3n) is 4.11. The molecule has 0 saturated carbocycles. The van der Waals surface area contributed by atoms with E-state index in [9.17, 15) is 9.59 Å². The number of carbonyl (C=O) groups excluding carboxylic acids is 2. The van der Waals surface area contributed by atoms with Gasteiger partial charge in [-0.05, 0) is 34.6 Å². The zero-order valence-corrected chi connectivity index (χ0v) is 14.5. The Morgan fingerprint density at radius 3 is 2.61 bits per heavy atom. The van der Waals surface area contributed by atoms with Gasteiger partial charge in [0, 0.05) is 24.6 Å². The zero-order valence-electron chi connectivity index (χ0n) is 14.5. The number of hydrogen-bond donors (Lipinski definition) is 1. The first-order valence-corrected chi connectivity index (χ1v) is 8.10. The summed E-state index contributed by atoms with van der Waals surface area (Å²) in [5.41, 5.74) is 7.60. The molecule has 128 valence electrons. The maximum Gasteiger partial charge on any atom is 0.273 e. The lowest BCUT2D eigenvalue weighted by Crippen LogP contribution is -2.44. The Hall–Kier alpha value is -1.89. The van der Waals surface area contributed by atoms with Crippen LogP contribution in [0.15, 0.2) is 0 Å². The minimum atomic E-state index is -0.520. The van der Waals surface area contributed by atoms with Crippen molar-refractivity contribution in [3.8, 4) is 0 Å². The van der Waals surface area contributed by atoms with Crippen LogP contribution in [0.2, 0.25) is 0 Å². The monoisotopic (exact) mass is 322 g/mol. The van der Waals surface area contributed by atoms with E-state index < -0.39 is 5.91 Å². The van der Waals surface area contributed by atoms with Crippen LogP contribution in [0.4, 0.5) is 0 Å². The Kier molecular flexibility index (Phi) is 5.09. The summed E-state index contributed by atoms with van der Waals surface area (Å²) in [6.45, 7) is 10.1. The fourth-order valence-corrected chi connectivity index (χ4v) is 3.05. The summed E-state index contributed by atoms with van der Waals surface area (Å²) in [7, 11) is 0. The molecule has 0 fully saturated rings. The van der Waals surface area contributed by atoms with Crippen LogP contribution in [0.1, 0.15) is 62.5 Å². The first kappa shape index (κ1) is 17.5. The Morgan fingerprint density at radius 2 is 2.09 bits per heavy atom. The number of hydrogen-bond acceptors (Lipinski definition) is 4. The van der Waals surface area contributed by atoms with E-state index in [1.54, 1.807) is 4.68 Å². The van der Waals surface area contributed by atoms with Crippen LogP contribution < -0.4 is 5.73 Å². The molecule has 2 N–H and O–H groups in total. The highest BCUT2D eigenvalue weighted by Gasteiger charge is 2.34. The highest BCUT2D eigenvalue weighted by Crippen LogP contribution is 2.32. The van der Waals surface area contributed by atoms with E-state index in [0.717, 1.165) is 11.3 Å². The Balaban J connectivity index is 2.49. The van der Waals surface area contributed by atoms with E-state index in [4.69, 9.17) is 10.5 Å². The van der Waals surface area contributed by atoms with Crippen LogP contribution in [0.25, 0.3) is 0 Å². The molecule has 0 bridgehead atoms. The van der Waals surface area contributed by atoms with E-state index in [1.807, 2.05) is 34.6 Å². The normalized spacial score (nSPS) is 20.4. The van der Waals surface area contributed by atoms with Gasteiger partial charge in [0.1, 0.15) is 5.69 Å². The molecule has 0 unspecified atom stereocenters. The van der Waals surface area contributed by atoms with Gasteiger partial charge in [-0.1, -0.05) is 0 Å². The number of aryl methyl sites for hydroxylation is 1. The van der Waals surface area contributed by atoms with Gasteiger partial charge in [0.05, 0.1) is 24.4 Å². The lowest BCUT2D eigenvalue weighted by Gasteiger charge is -2.28. The van der Waals surface area contributed by atoms with Crippen LogP contribution in [-0.2, 0) is 22.5 Å². The van der Waals surface area contributed by atoms with E-state index >= 15 is 0 Å². The van der Waals surface area contributed by atoms with Gasteiger partial charge >= 0.3 is 0 Å². The summed E-state index contributed by atoms with van der Waals surface area (Å²) < 4.78 is 7.51. The fraction of sp³-hybridized carbons (Fsp3) is 0.688. The highest BCUT2D eigenvalue weighted by molar-refractivity contribution is 5.96. The van der Waals surface area contributed by atoms with Gasteiger partial charge in [0.2, 0.25) is 5.91 Å². The summed E-state index contributed by atoms with van der Waals surface area (Å²) in [6, 6.07) is -0.124. The Labute approximate surface area is 136 Å². The number of carbonyl (C=O) groups is 2. The van der Waals surface area contributed by atoms with Crippen molar-refractivity contribution in [2.24, 2.45) is 5.73 Å². The van der Waals surface area contributed by atoms with Gasteiger partial charge in [-0.2, -0.15) is 5.10 Å². The predicted octanol–water partition coefficient (Wildman–Crippen LogP) is 1.26. The average molecular weight is 322 g/mol. The number of amides is 2. The summed E-state index contributed by atoms with van der Waals surface area (Å²) in [6.07, 6.45) is 0.530. The second-order valence-corrected chi connectivity index (χ2v) is 6.31. The van der Waals surface area contributed by atoms with E-state index in [0.29, 0.717) is 18.7 Å². The molecule has 7 nitrogen and oxygen atoms in total. The summed E-state index contributed by atoms with van der Waals surface area (Å²) in [5, 5.41) is 4.55. The molecular formula is C16H26N4O3. The Bertz CT molecular complexity index is 609. The van der Waals surface area contributed by atoms with E-state index in [1.165, 1.54) is 4.90 Å². The molecule has 23 heavy (non-hydrogen) atoms. The molecule has 2 heterocycles. The van der Waals surface area contributed by atoms with Gasteiger partial charge in [0.15, 0.2) is 0 Å². The van der Waals surface area contributed by atoms with Gasteiger partial charge in [0.25, 0.3) is 5.91 Å². The van der Waals surface area contributed by atoms with Crippen molar-refractivity contribution >= 4 is 11.8 Å². The number of ether oxygens (including phenoxy) is 1. The van der Waals surface area contributed by atoms with Crippen LogP contribution in [0, 0.1) is 0 Å². The number of rotatable bonds is 5. The first-order chi connectivity index (χ1) is 10.8. The smallest absolute Gasteiger partial charge is 0.273 e. The molecule has 1 aliphatic heterocycles. The molecular weight excluding hydrogens is 296 g/mol. The minimum Gasteiger partial charge on any atom is -0.369 e. The van der Waals surface area contributed by atoms with Crippen LogP contribution in [0.5, 0.6) is 0 Å². The van der Waals surface area contributed by atoms with Gasteiger partial charge in [-0.15, -0.1) is 0 Å². The van der Waals surface area contributed by atoms with Crippen LogP contribution in [-0.4, -0.2) is 45.2 Å². The standard InChI is InChI=1S/C16H26N4O3/c1-6-20-15(16(22)19(9(2)3)8-13(17)21)12-7-10(4)23-11(5)14(12)18-20/h9-11H,6-8H2,1-5H3,(H2,17,21)/t10-,11+/m0/s1. The molecule has 2 rings (SSSR count). The SMILES string of the molecule is CCn1nc2c(c1C(=O)N(CC(N)=O)C(C)C)C[C@H](C)O[C@@H]2C. The molecule has 0 saturated heterocycles. The first-order valence-electron chi connectivity index (χ1n) is 8.10. The molecule has 0 aliphatic carbocycles. The van der Waals surface area contributed by atoms with Crippen molar-refractivity contribution in [1.82, 2.24) is 14.7 Å². The molecule has 1 aliphatic rings. The second-order valence-electron chi connectivity index (χ2n) is 6.31. The van der Waals surface area contributed by atoms with Crippen molar-refractivity contribution in [2.45, 2.75) is 65.8 Å². The van der Waals surface area contributed by atoms with Gasteiger partial charge in [-0.3, -0.25) is 14.3 Å². The third kappa shape index (κ3) is 3.39. The molecule has 7 heteroatoms. The van der Waals surface area contributed by atoms with E-state index in [-0.39, 0.29) is 30.7 Å². The molecule has 0 radical (unpaired) electrons. The lowest BCUT2D eigenvalue weighted by molar-refractivity contribution is -0.119. The van der Waals surface area contributed by atoms with E-state index in [2.05, 4.69) is 5.10 Å². The maximum absolute atomic E-state index is 13.1. The minimum absolute atomic E-state index is 0.0298. The number of primary amides is 1. The largest absolute Gasteiger partial charge is 0.369 e. The quantitative estimate of drug-likeness (QED) is 0.883. The topological polar surface area (TPSA) is 90.5 Å². The van der Waals surface area contributed by atoms with Gasteiger partial charge in [-0.25, -0.2) is 0 Å². The number of nitrogens with two attached hydrogens (primary N) is 1. The van der Waals surface area contributed by atoms with Crippen molar-refractivity contribution in [3.05, 3.63) is 17.0 Å². The number of fused-ring (bicyclic) bond motifs is 1. The molecule has 0 aromatic carbocycles. The molecule has 1 aromatic heterocycles. The zero-order chi connectivity index (χ0) is 17.3. The second kappa shape index (κ2) is 6.70. The molecule has 1 aromatic rings. The molecule has 2 amide bonds. The Morgan fingerprint density at radius 1 is 1.43 bits per heavy atom. The van der Waals surface area contributed by atoms with Gasteiger partial charge < -0.3 is 15.4 Å². The maximum atomic E-state index is 13.1. The van der Waals surface area contributed by atoms with Crippen LogP contribution >= 0.6 is 0 Å². The van der Waals surface area contributed by atoms with Crippen molar-refractivity contribution < 1.29 is 14.3 Å². The fourth-order valence-electron chi connectivity index (χ4n) is 3.05. The highest BCUT2D eigenvalue weighted by atomic mass is 16.5. The lowest BCUT2D eigenvalue weighted by atomic mass is 9.99. The van der Waals surface area contributed by atoms with Crippen LogP contribution in [0.3, 0.4) is 0 Å². The number of aromatic nitrogens is 2. The summed E-state index contributed by atoms with van der Waals surface area (Å²) in [4.78, 5) is 25.9. The summed E-state index contributed by atoms with van der Waals surface area (Å²) >= 11 is 0. The van der Waals surface area contributed by atoms with Crippen molar-refractivity contribution in [3.63, 3.8) is 0 Å². The third-order valence-corrected chi connectivity index (χ3v) is 4.11. The molecule has 2 atom stereocenters. The predicted molar refractivity (Wildman–Crippen MR) is 85.9 cm³/mol. The molecule has 0 spiro atoms. The summed E-state index contributed by atoms with van der Waals surface area (Å²) in [5.74, 6) is -0.718. The number of nitrogens with zero attached hydrogens (tertiary/aromatic N) is 3.